The van der Waals surface area contributed by atoms with Crippen LogP contribution >= 0.6 is 15.9 Å². The Kier molecular flexibility index (Phi) is 5.32. The van der Waals surface area contributed by atoms with Gasteiger partial charge < -0.3 is 10.6 Å². The number of carbonyl (C=O) groups is 1. The molecule has 0 heterocycles. The summed E-state index contributed by atoms with van der Waals surface area (Å²) in [5, 5.41) is 5.94. The molecule has 0 aliphatic rings. The lowest BCUT2D eigenvalue weighted by Gasteiger charge is -2.10. The minimum Gasteiger partial charge on any atom is -0.376 e. The number of hydrogen-bond donors (Lipinski definition) is 2. The quantitative estimate of drug-likeness (QED) is 0.873. The molecule has 1 aromatic carbocycles. The van der Waals surface area contributed by atoms with E-state index < -0.39 is 0 Å². The van der Waals surface area contributed by atoms with Crippen LogP contribution in [0.5, 0.6) is 0 Å². The van der Waals surface area contributed by atoms with Crippen molar-refractivity contribution in [3.05, 3.63) is 28.2 Å². The fourth-order valence-corrected chi connectivity index (χ4v) is 1.65. The fraction of sp³-hybridized carbons (Fsp3) is 0.417. The third-order valence-corrected chi connectivity index (χ3v) is 2.70. The van der Waals surface area contributed by atoms with Gasteiger partial charge in [-0.3, -0.25) is 4.79 Å². The number of benzene rings is 1. The molecule has 2 N–H and O–H groups in total. The zero-order chi connectivity index (χ0) is 12.0. The lowest BCUT2D eigenvalue weighted by atomic mass is 10.2. The van der Waals surface area contributed by atoms with Gasteiger partial charge in [0.2, 0.25) is 5.91 Å². The van der Waals surface area contributed by atoms with E-state index in [9.17, 15) is 4.79 Å². The first-order valence-corrected chi connectivity index (χ1v) is 6.19. The van der Waals surface area contributed by atoms with Crippen LogP contribution in [0.1, 0.15) is 18.9 Å². The van der Waals surface area contributed by atoms with Crippen molar-refractivity contribution >= 4 is 27.5 Å². The highest BCUT2D eigenvalue weighted by Crippen LogP contribution is 2.20. The van der Waals surface area contributed by atoms with Gasteiger partial charge in [-0.1, -0.05) is 28.9 Å². The second-order valence-corrected chi connectivity index (χ2v) is 4.58. The first-order valence-electron chi connectivity index (χ1n) is 5.40. The molecule has 0 atom stereocenters. The molecule has 0 saturated carbocycles. The van der Waals surface area contributed by atoms with Crippen molar-refractivity contribution in [2.24, 2.45) is 0 Å². The Morgan fingerprint density at radius 1 is 1.44 bits per heavy atom. The molecule has 88 valence electrons. The van der Waals surface area contributed by atoms with Crippen LogP contribution in [0.25, 0.3) is 0 Å². The van der Waals surface area contributed by atoms with E-state index in [0.29, 0.717) is 6.54 Å². The van der Waals surface area contributed by atoms with E-state index in [0.717, 1.165) is 28.7 Å². The maximum absolute atomic E-state index is 11.4. The Morgan fingerprint density at radius 3 is 2.88 bits per heavy atom. The molecule has 0 fully saturated rings. The van der Waals surface area contributed by atoms with Crippen molar-refractivity contribution in [3.63, 3.8) is 0 Å². The van der Waals surface area contributed by atoms with Crippen LogP contribution in [0.2, 0.25) is 0 Å². The van der Waals surface area contributed by atoms with Crippen molar-refractivity contribution < 1.29 is 4.79 Å². The average molecular weight is 285 g/mol. The Hall–Kier alpha value is -1.03. The maximum atomic E-state index is 11.4. The molecule has 4 heteroatoms. The van der Waals surface area contributed by atoms with E-state index in [-0.39, 0.29) is 5.91 Å². The first-order chi connectivity index (χ1) is 7.63. The Balaban J connectivity index is 2.47. The van der Waals surface area contributed by atoms with Gasteiger partial charge >= 0.3 is 0 Å². The molecule has 0 bridgehead atoms. The van der Waals surface area contributed by atoms with Crippen molar-refractivity contribution in [2.45, 2.75) is 20.3 Å². The topological polar surface area (TPSA) is 41.1 Å². The summed E-state index contributed by atoms with van der Waals surface area (Å²) in [6.07, 6.45) is 0.960. The minimum atomic E-state index is 0.0289. The number of carbonyl (C=O) groups excluding carboxylic acids is 1. The fourth-order valence-electron chi connectivity index (χ4n) is 1.29. The van der Waals surface area contributed by atoms with Gasteiger partial charge in [0.1, 0.15) is 0 Å². The summed E-state index contributed by atoms with van der Waals surface area (Å²) < 4.78 is 1.01. The highest BCUT2D eigenvalue weighted by atomic mass is 79.9. The molecule has 1 amide bonds. The highest BCUT2D eigenvalue weighted by Gasteiger charge is 2.02. The SMILES string of the molecule is CCCNC(=O)CNc1cc(Br)ccc1C. The van der Waals surface area contributed by atoms with E-state index in [4.69, 9.17) is 0 Å². The molecule has 16 heavy (non-hydrogen) atoms. The smallest absolute Gasteiger partial charge is 0.239 e. The van der Waals surface area contributed by atoms with Crippen LogP contribution in [0.15, 0.2) is 22.7 Å². The lowest BCUT2D eigenvalue weighted by Crippen LogP contribution is -2.30. The summed E-state index contributed by atoms with van der Waals surface area (Å²) >= 11 is 3.40. The predicted molar refractivity (Wildman–Crippen MR) is 70.7 cm³/mol. The number of rotatable bonds is 5. The second kappa shape index (κ2) is 6.53. The monoisotopic (exact) mass is 284 g/mol. The normalized spacial score (nSPS) is 9.94. The summed E-state index contributed by atoms with van der Waals surface area (Å²) in [6, 6.07) is 5.97. The number of aryl methyl sites for hydroxylation is 1. The molecule has 0 spiro atoms. The van der Waals surface area contributed by atoms with Gasteiger partial charge in [0, 0.05) is 16.7 Å². The van der Waals surface area contributed by atoms with Gasteiger partial charge in [-0.15, -0.1) is 0 Å². The van der Waals surface area contributed by atoms with Crippen LogP contribution in [0, 0.1) is 6.92 Å². The Labute approximate surface area is 105 Å². The third kappa shape index (κ3) is 4.23. The number of amides is 1. The molecular formula is C12H17BrN2O. The predicted octanol–water partition coefficient (Wildman–Crippen LogP) is 2.70. The van der Waals surface area contributed by atoms with Gasteiger partial charge in [-0.05, 0) is 31.0 Å². The molecule has 0 radical (unpaired) electrons. The van der Waals surface area contributed by atoms with Crippen LogP contribution in [-0.2, 0) is 4.79 Å². The Bertz CT molecular complexity index is 366. The Morgan fingerprint density at radius 2 is 2.19 bits per heavy atom. The van der Waals surface area contributed by atoms with Crippen LogP contribution in [0.3, 0.4) is 0 Å². The molecule has 0 aliphatic heterocycles. The van der Waals surface area contributed by atoms with E-state index >= 15 is 0 Å². The lowest BCUT2D eigenvalue weighted by molar-refractivity contribution is -0.119. The van der Waals surface area contributed by atoms with Crippen LogP contribution < -0.4 is 10.6 Å². The minimum absolute atomic E-state index is 0.0289. The van der Waals surface area contributed by atoms with Crippen LogP contribution in [-0.4, -0.2) is 19.0 Å². The number of halogens is 1. The van der Waals surface area contributed by atoms with Crippen molar-refractivity contribution in [1.82, 2.24) is 5.32 Å². The van der Waals surface area contributed by atoms with Gasteiger partial charge in [-0.2, -0.15) is 0 Å². The summed E-state index contributed by atoms with van der Waals surface area (Å²) in [7, 11) is 0. The summed E-state index contributed by atoms with van der Waals surface area (Å²) in [6.45, 7) is 5.10. The van der Waals surface area contributed by atoms with Gasteiger partial charge in [0.25, 0.3) is 0 Å². The molecule has 0 unspecified atom stereocenters. The third-order valence-electron chi connectivity index (χ3n) is 2.21. The summed E-state index contributed by atoms with van der Waals surface area (Å²) in [5.74, 6) is 0.0289. The van der Waals surface area contributed by atoms with E-state index in [2.05, 4.69) is 26.6 Å². The molecule has 0 saturated heterocycles. The first kappa shape index (κ1) is 13.0. The standard InChI is InChI=1S/C12H17BrN2O/c1-3-6-14-12(16)8-15-11-7-10(13)5-4-9(11)2/h4-5,7,15H,3,6,8H2,1-2H3,(H,14,16). The van der Waals surface area contributed by atoms with Crippen LogP contribution in [0.4, 0.5) is 5.69 Å². The van der Waals surface area contributed by atoms with E-state index in [1.54, 1.807) is 0 Å². The molecular weight excluding hydrogens is 268 g/mol. The summed E-state index contributed by atoms with van der Waals surface area (Å²) in [5.41, 5.74) is 2.12. The molecule has 1 aromatic rings. The zero-order valence-electron chi connectivity index (χ0n) is 9.64. The number of anilines is 1. The van der Waals surface area contributed by atoms with Crippen molar-refractivity contribution in [3.8, 4) is 0 Å². The average Bonchev–Trinajstić information content (AvgIpc) is 2.27. The van der Waals surface area contributed by atoms with Gasteiger partial charge in [0.15, 0.2) is 0 Å². The van der Waals surface area contributed by atoms with E-state index in [1.165, 1.54) is 0 Å². The van der Waals surface area contributed by atoms with Gasteiger partial charge in [-0.25, -0.2) is 0 Å². The van der Waals surface area contributed by atoms with Crippen molar-refractivity contribution in [2.75, 3.05) is 18.4 Å². The van der Waals surface area contributed by atoms with Crippen molar-refractivity contribution in [1.29, 1.82) is 0 Å². The molecule has 3 nitrogen and oxygen atoms in total. The van der Waals surface area contributed by atoms with E-state index in [1.807, 2.05) is 32.0 Å². The summed E-state index contributed by atoms with van der Waals surface area (Å²) in [4.78, 5) is 11.4. The molecule has 1 rings (SSSR count). The second-order valence-electron chi connectivity index (χ2n) is 3.66. The number of nitrogens with one attached hydrogen (secondary N) is 2. The largest absolute Gasteiger partial charge is 0.376 e. The number of hydrogen-bond acceptors (Lipinski definition) is 2. The molecule has 0 aromatic heterocycles. The zero-order valence-corrected chi connectivity index (χ0v) is 11.2. The van der Waals surface area contributed by atoms with Gasteiger partial charge in [0.05, 0.1) is 6.54 Å². The maximum Gasteiger partial charge on any atom is 0.239 e. The molecule has 0 aliphatic carbocycles. The highest BCUT2D eigenvalue weighted by molar-refractivity contribution is 9.10.